The second kappa shape index (κ2) is 7.75. The topological polar surface area (TPSA) is 95.1 Å². The molecule has 0 unspecified atom stereocenters. The van der Waals surface area contributed by atoms with E-state index >= 15 is 0 Å². The van der Waals surface area contributed by atoms with Gasteiger partial charge in [-0.2, -0.15) is 0 Å². The number of amides is 2. The molecule has 2 aliphatic heterocycles. The van der Waals surface area contributed by atoms with Crippen molar-refractivity contribution in [3.8, 4) is 17.2 Å². The third kappa shape index (κ3) is 3.82. The molecule has 0 radical (unpaired) electrons. The minimum atomic E-state index is -0.650. The van der Waals surface area contributed by atoms with Gasteiger partial charge in [-0.15, -0.1) is 0 Å². The highest BCUT2D eigenvalue weighted by atomic mass is 16.7. The van der Waals surface area contributed by atoms with Gasteiger partial charge in [-0.25, -0.2) is 9.59 Å². The molecule has 1 atom stereocenters. The van der Waals surface area contributed by atoms with Crippen molar-refractivity contribution < 1.29 is 28.5 Å². The Bertz CT molecular complexity index is 1000. The zero-order valence-electron chi connectivity index (χ0n) is 16.0. The van der Waals surface area contributed by atoms with Crippen LogP contribution in [-0.2, 0) is 16.1 Å². The maximum Gasteiger partial charge on any atom is 0.338 e. The lowest BCUT2D eigenvalue weighted by molar-refractivity contribution is -0.140. The van der Waals surface area contributed by atoms with Crippen molar-refractivity contribution in [2.45, 2.75) is 19.6 Å². The number of allylic oxidation sites excluding steroid dienone is 1. The van der Waals surface area contributed by atoms with E-state index < -0.39 is 12.0 Å². The van der Waals surface area contributed by atoms with Gasteiger partial charge in [0.1, 0.15) is 12.4 Å². The summed E-state index contributed by atoms with van der Waals surface area (Å²) in [5.74, 6) is 1.38. The summed E-state index contributed by atoms with van der Waals surface area (Å²) in [6, 6.07) is 11.5. The van der Waals surface area contributed by atoms with Gasteiger partial charge in [0.25, 0.3) is 0 Å². The third-order valence-electron chi connectivity index (χ3n) is 4.72. The van der Waals surface area contributed by atoms with Crippen LogP contribution in [0.1, 0.15) is 24.1 Å². The largest absolute Gasteiger partial charge is 0.497 e. The molecule has 0 aromatic heterocycles. The monoisotopic (exact) mass is 396 g/mol. The van der Waals surface area contributed by atoms with Crippen LogP contribution >= 0.6 is 0 Å². The predicted molar refractivity (Wildman–Crippen MR) is 102 cm³/mol. The molecule has 150 valence electrons. The zero-order chi connectivity index (χ0) is 20.4. The molecule has 2 aromatic carbocycles. The van der Waals surface area contributed by atoms with Crippen molar-refractivity contribution in [3.63, 3.8) is 0 Å². The number of urea groups is 1. The van der Waals surface area contributed by atoms with Crippen LogP contribution in [0, 0.1) is 0 Å². The Morgan fingerprint density at radius 1 is 1.17 bits per heavy atom. The predicted octanol–water partition coefficient (Wildman–Crippen LogP) is 2.80. The van der Waals surface area contributed by atoms with Crippen LogP contribution in [0.25, 0.3) is 0 Å². The molecule has 0 saturated heterocycles. The first-order chi connectivity index (χ1) is 14.0. The van der Waals surface area contributed by atoms with Gasteiger partial charge < -0.3 is 29.6 Å². The summed E-state index contributed by atoms with van der Waals surface area (Å²) >= 11 is 0. The molecule has 2 aromatic rings. The van der Waals surface area contributed by atoms with E-state index in [1.807, 2.05) is 12.1 Å². The zero-order valence-corrected chi connectivity index (χ0v) is 16.0. The van der Waals surface area contributed by atoms with Crippen molar-refractivity contribution in [3.05, 3.63) is 64.9 Å². The average Bonchev–Trinajstić information content (AvgIpc) is 3.19. The summed E-state index contributed by atoms with van der Waals surface area (Å²) < 4.78 is 21.4. The number of hydrogen-bond donors (Lipinski definition) is 2. The summed E-state index contributed by atoms with van der Waals surface area (Å²) in [4.78, 5) is 24.9. The fourth-order valence-electron chi connectivity index (χ4n) is 3.29. The summed E-state index contributed by atoms with van der Waals surface area (Å²) in [6.45, 7) is 1.91. The van der Waals surface area contributed by atoms with Crippen LogP contribution in [0.15, 0.2) is 53.7 Å². The fraction of sp³-hybridized carbons (Fsp3) is 0.238. The van der Waals surface area contributed by atoms with Gasteiger partial charge in [-0.1, -0.05) is 18.2 Å². The van der Waals surface area contributed by atoms with Crippen molar-refractivity contribution in [2.24, 2.45) is 0 Å². The van der Waals surface area contributed by atoms with Crippen LogP contribution in [0.5, 0.6) is 17.2 Å². The fourth-order valence-corrected chi connectivity index (χ4v) is 3.29. The highest BCUT2D eigenvalue weighted by Crippen LogP contribution is 2.33. The van der Waals surface area contributed by atoms with E-state index in [1.165, 1.54) is 0 Å². The Balaban J connectivity index is 1.55. The minimum absolute atomic E-state index is 0.0605. The number of carbonyl (C=O) groups excluding carboxylic acids is 2. The molecule has 0 aliphatic carbocycles. The number of fused-ring (bicyclic) bond motifs is 1. The molecule has 8 heteroatoms. The van der Waals surface area contributed by atoms with Crippen molar-refractivity contribution in [1.82, 2.24) is 10.6 Å². The summed E-state index contributed by atoms with van der Waals surface area (Å²) in [5, 5.41) is 5.41. The maximum atomic E-state index is 12.9. The van der Waals surface area contributed by atoms with E-state index in [2.05, 4.69) is 10.6 Å². The molecular weight excluding hydrogens is 376 g/mol. The Hall–Kier alpha value is -3.68. The SMILES string of the molecule is COc1cccc([C@H]2NC(=O)NC(C)=C2C(=O)OCc2ccc3c(c2)OCO3)c1. The third-order valence-corrected chi connectivity index (χ3v) is 4.72. The first kappa shape index (κ1) is 18.7. The Kier molecular flexibility index (Phi) is 4.99. The molecule has 29 heavy (non-hydrogen) atoms. The van der Waals surface area contributed by atoms with E-state index in [-0.39, 0.29) is 19.4 Å². The quantitative estimate of drug-likeness (QED) is 0.755. The van der Waals surface area contributed by atoms with E-state index in [9.17, 15) is 9.59 Å². The highest BCUT2D eigenvalue weighted by molar-refractivity contribution is 5.95. The van der Waals surface area contributed by atoms with E-state index in [0.717, 1.165) is 5.56 Å². The molecule has 2 aliphatic rings. The number of carbonyl (C=O) groups is 2. The van der Waals surface area contributed by atoms with Crippen molar-refractivity contribution in [1.29, 1.82) is 0 Å². The lowest BCUT2D eigenvalue weighted by atomic mass is 9.95. The van der Waals surface area contributed by atoms with Crippen LogP contribution < -0.4 is 24.8 Å². The number of hydrogen-bond acceptors (Lipinski definition) is 6. The standard InChI is InChI=1S/C21H20N2O6/c1-12-18(19(23-21(25)22-12)14-4-3-5-15(9-14)26-2)20(24)27-10-13-6-7-16-17(8-13)29-11-28-16/h3-9,19H,10-11H2,1-2H3,(H2,22,23,25)/t19-/m1/s1. The van der Waals surface area contributed by atoms with Gasteiger partial charge in [0.2, 0.25) is 6.79 Å². The highest BCUT2D eigenvalue weighted by Gasteiger charge is 2.32. The second-order valence-electron chi connectivity index (χ2n) is 6.61. The summed E-state index contributed by atoms with van der Waals surface area (Å²) in [7, 11) is 1.56. The van der Waals surface area contributed by atoms with Crippen molar-refractivity contribution in [2.75, 3.05) is 13.9 Å². The minimum Gasteiger partial charge on any atom is -0.497 e. The second-order valence-corrected chi connectivity index (χ2v) is 6.61. The molecule has 0 saturated carbocycles. The van der Waals surface area contributed by atoms with Gasteiger partial charge in [-0.3, -0.25) is 0 Å². The Morgan fingerprint density at radius 2 is 2.00 bits per heavy atom. The van der Waals surface area contributed by atoms with E-state index in [0.29, 0.717) is 34.1 Å². The summed E-state index contributed by atoms with van der Waals surface area (Å²) in [5.41, 5.74) is 2.26. The van der Waals surface area contributed by atoms with Crippen LogP contribution in [0.2, 0.25) is 0 Å². The number of methoxy groups -OCH3 is 1. The van der Waals surface area contributed by atoms with Crippen LogP contribution in [-0.4, -0.2) is 25.9 Å². The molecule has 4 rings (SSSR count). The van der Waals surface area contributed by atoms with E-state index in [1.54, 1.807) is 44.4 Å². The van der Waals surface area contributed by atoms with Crippen molar-refractivity contribution >= 4 is 12.0 Å². The number of esters is 1. The van der Waals surface area contributed by atoms with Gasteiger partial charge in [-0.05, 0) is 42.3 Å². The average molecular weight is 396 g/mol. The Morgan fingerprint density at radius 3 is 2.83 bits per heavy atom. The number of nitrogens with one attached hydrogen (secondary N) is 2. The molecule has 0 fully saturated rings. The lowest BCUT2D eigenvalue weighted by Gasteiger charge is -2.28. The molecule has 0 spiro atoms. The lowest BCUT2D eigenvalue weighted by Crippen LogP contribution is -2.45. The summed E-state index contributed by atoms with van der Waals surface area (Å²) in [6.07, 6.45) is 0. The molecule has 2 amide bonds. The molecular formula is C21H20N2O6. The maximum absolute atomic E-state index is 12.9. The number of benzene rings is 2. The van der Waals surface area contributed by atoms with Crippen LogP contribution in [0.3, 0.4) is 0 Å². The van der Waals surface area contributed by atoms with Gasteiger partial charge in [0.05, 0.1) is 18.7 Å². The van der Waals surface area contributed by atoms with Gasteiger partial charge >= 0.3 is 12.0 Å². The smallest absolute Gasteiger partial charge is 0.338 e. The first-order valence-electron chi connectivity index (χ1n) is 9.03. The molecule has 8 nitrogen and oxygen atoms in total. The van der Waals surface area contributed by atoms with Gasteiger partial charge in [0, 0.05) is 5.70 Å². The molecule has 2 heterocycles. The van der Waals surface area contributed by atoms with Gasteiger partial charge in [0.15, 0.2) is 11.5 Å². The Labute approximate surface area is 167 Å². The first-order valence-corrected chi connectivity index (χ1v) is 9.03. The van der Waals surface area contributed by atoms with Crippen LogP contribution in [0.4, 0.5) is 4.79 Å². The number of rotatable bonds is 5. The number of ether oxygens (including phenoxy) is 4. The molecule has 0 bridgehead atoms. The normalized spacial score (nSPS) is 17.4. The van der Waals surface area contributed by atoms with E-state index in [4.69, 9.17) is 18.9 Å². The molecule has 2 N–H and O–H groups in total.